The van der Waals surface area contributed by atoms with Crippen LogP contribution in [0, 0.1) is 6.92 Å². The Labute approximate surface area is 104 Å². The van der Waals surface area contributed by atoms with Crippen LogP contribution in [0.1, 0.15) is 25.0 Å². The molecule has 0 spiro atoms. The lowest BCUT2D eigenvalue weighted by molar-refractivity contribution is -0.126. The lowest BCUT2D eigenvalue weighted by Gasteiger charge is -2.22. The zero-order valence-corrected chi connectivity index (χ0v) is 11.1. The van der Waals surface area contributed by atoms with Gasteiger partial charge in [-0.1, -0.05) is 29.8 Å². The monoisotopic (exact) mass is 234 g/mol. The summed E-state index contributed by atoms with van der Waals surface area (Å²) in [6, 6.07) is 8.39. The highest BCUT2D eigenvalue weighted by atomic mass is 16.2. The van der Waals surface area contributed by atoms with Gasteiger partial charge < -0.3 is 10.6 Å². The molecule has 1 amide bonds. The number of aryl methyl sites for hydroxylation is 1. The lowest BCUT2D eigenvalue weighted by Crippen LogP contribution is -2.51. The van der Waals surface area contributed by atoms with Crippen LogP contribution < -0.4 is 10.6 Å². The topological polar surface area (TPSA) is 41.1 Å². The molecular weight excluding hydrogens is 212 g/mol. The van der Waals surface area contributed by atoms with Crippen molar-refractivity contribution in [3.8, 4) is 0 Å². The van der Waals surface area contributed by atoms with Crippen LogP contribution in [0.2, 0.25) is 0 Å². The van der Waals surface area contributed by atoms with Gasteiger partial charge in [0.15, 0.2) is 0 Å². The highest BCUT2D eigenvalue weighted by Crippen LogP contribution is 2.04. The van der Waals surface area contributed by atoms with Gasteiger partial charge in [0.05, 0.1) is 5.54 Å². The summed E-state index contributed by atoms with van der Waals surface area (Å²) >= 11 is 0. The van der Waals surface area contributed by atoms with Gasteiger partial charge in [0, 0.05) is 6.54 Å². The summed E-state index contributed by atoms with van der Waals surface area (Å²) in [4.78, 5) is 11.8. The fourth-order valence-electron chi connectivity index (χ4n) is 1.41. The maximum absolute atomic E-state index is 11.8. The van der Waals surface area contributed by atoms with E-state index in [2.05, 4.69) is 41.8 Å². The first-order valence-corrected chi connectivity index (χ1v) is 5.98. The van der Waals surface area contributed by atoms with Crippen LogP contribution in [-0.2, 0) is 11.2 Å². The molecule has 0 fully saturated rings. The Hall–Kier alpha value is -1.35. The molecule has 0 bridgehead atoms. The predicted molar refractivity (Wildman–Crippen MR) is 71.0 cm³/mol. The third-order valence-corrected chi connectivity index (χ3v) is 3.01. The molecule has 94 valence electrons. The number of carbonyl (C=O) groups excluding carboxylic acids is 1. The highest BCUT2D eigenvalue weighted by molar-refractivity contribution is 5.85. The van der Waals surface area contributed by atoms with Crippen LogP contribution in [0.25, 0.3) is 0 Å². The van der Waals surface area contributed by atoms with E-state index in [9.17, 15) is 4.79 Å². The summed E-state index contributed by atoms with van der Waals surface area (Å²) in [5.74, 6) is 0.0344. The smallest absolute Gasteiger partial charge is 0.239 e. The molecule has 0 aliphatic heterocycles. The van der Waals surface area contributed by atoms with Crippen LogP contribution in [0.4, 0.5) is 0 Å². The number of hydrogen-bond donors (Lipinski definition) is 2. The molecule has 0 aliphatic carbocycles. The second kappa shape index (κ2) is 5.82. The van der Waals surface area contributed by atoms with Crippen molar-refractivity contribution in [1.29, 1.82) is 0 Å². The zero-order valence-electron chi connectivity index (χ0n) is 11.1. The first-order chi connectivity index (χ1) is 7.95. The van der Waals surface area contributed by atoms with E-state index in [1.165, 1.54) is 11.1 Å². The second-order valence-electron chi connectivity index (χ2n) is 4.87. The van der Waals surface area contributed by atoms with Crippen molar-refractivity contribution >= 4 is 5.91 Å². The van der Waals surface area contributed by atoms with E-state index in [-0.39, 0.29) is 5.91 Å². The molecule has 0 atom stereocenters. The van der Waals surface area contributed by atoms with Gasteiger partial charge in [0.1, 0.15) is 0 Å². The summed E-state index contributed by atoms with van der Waals surface area (Å²) in [6.07, 6.45) is 0.867. The molecular formula is C14H22N2O. The number of amides is 1. The van der Waals surface area contributed by atoms with Crippen molar-refractivity contribution < 1.29 is 4.79 Å². The van der Waals surface area contributed by atoms with Gasteiger partial charge in [-0.25, -0.2) is 0 Å². The van der Waals surface area contributed by atoms with Crippen molar-refractivity contribution in [2.45, 2.75) is 32.7 Å². The van der Waals surface area contributed by atoms with Crippen molar-refractivity contribution in [2.75, 3.05) is 13.6 Å². The Bertz CT molecular complexity index is 368. The molecule has 17 heavy (non-hydrogen) atoms. The van der Waals surface area contributed by atoms with Gasteiger partial charge in [-0.15, -0.1) is 0 Å². The van der Waals surface area contributed by atoms with Crippen molar-refractivity contribution in [3.05, 3.63) is 35.4 Å². The Morgan fingerprint density at radius 1 is 1.24 bits per heavy atom. The Balaban J connectivity index is 2.38. The summed E-state index contributed by atoms with van der Waals surface area (Å²) in [6.45, 7) is 6.48. The zero-order chi connectivity index (χ0) is 12.9. The van der Waals surface area contributed by atoms with Crippen molar-refractivity contribution in [2.24, 2.45) is 0 Å². The van der Waals surface area contributed by atoms with Crippen LogP contribution in [0.3, 0.4) is 0 Å². The first-order valence-electron chi connectivity index (χ1n) is 5.98. The number of likely N-dealkylation sites (N-methyl/N-ethyl adjacent to an activating group) is 1. The quantitative estimate of drug-likeness (QED) is 0.813. The van der Waals surface area contributed by atoms with E-state index in [1.54, 1.807) is 7.05 Å². The van der Waals surface area contributed by atoms with Gasteiger partial charge in [-0.2, -0.15) is 0 Å². The average Bonchev–Trinajstić information content (AvgIpc) is 2.31. The largest absolute Gasteiger partial charge is 0.354 e. The maximum Gasteiger partial charge on any atom is 0.239 e. The van der Waals surface area contributed by atoms with Crippen LogP contribution >= 0.6 is 0 Å². The summed E-state index contributed by atoms with van der Waals surface area (Å²) in [5, 5.41) is 5.92. The maximum atomic E-state index is 11.8. The number of carbonyl (C=O) groups is 1. The summed E-state index contributed by atoms with van der Waals surface area (Å²) in [7, 11) is 1.79. The van der Waals surface area contributed by atoms with Crippen molar-refractivity contribution in [3.63, 3.8) is 0 Å². The van der Waals surface area contributed by atoms with Gasteiger partial charge in [-0.3, -0.25) is 4.79 Å². The molecule has 1 rings (SSSR count). The number of rotatable bonds is 5. The minimum absolute atomic E-state index is 0.0344. The van der Waals surface area contributed by atoms with E-state index in [4.69, 9.17) is 0 Å². The Morgan fingerprint density at radius 3 is 2.35 bits per heavy atom. The van der Waals surface area contributed by atoms with Gasteiger partial charge in [0.2, 0.25) is 5.91 Å². The molecule has 1 aromatic rings. The minimum Gasteiger partial charge on any atom is -0.354 e. The highest BCUT2D eigenvalue weighted by Gasteiger charge is 2.24. The van der Waals surface area contributed by atoms with Crippen molar-refractivity contribution in [1.82, 2.24) is 10.6 Å². The summed E-state index contributed by atoms with van der Waals surface area (Å²) in [5.41, 5.74) is 2.00. The van der Waals surface area contributed by atoms with E-state index in [0.29, 0.717) is 6.54 Å². The standard InChI is InChI=1S/C14H22N2O/c1-11-5-7-12(8-6-11)9-10-16-13(17)14(2,3)15-4/h5-8,15H,9-10H2,1-4H3,(H,16,17). The fraction of sp³-hybridized carbons (Fsp3) is 0.500. The predicted octanol–water partition coefficient (Wildman–Crippen LogP) is 1.65. The van der Waals surface area contributed by atoms with Crippen LogP contribution in [-0.4, -0.2) is 25.0 Å². The third kappa shape index (κ3) is 4.19. The molecule has 0 aliphatic rings. The normalized spacial score (nSPS) is 11.3. The molecule has 0 unspecified atom stereocenters. The molecule has 0 saturated carbocycles. The molecule has 2 N–H and O–H groups in total. The number of benzene rings is 1. The minimum atomic E-state index is -0.507. The third-order valence-electron chi connectivity index (χ3n) is 3.01. The first kappa shape index (κ1) is 13.7. The van der Waals surface area contributed by atoms with E-state index >= 15 is 0 Å². The van der Waals surface area contributed by atoms with Gasteiger partial charge >= 0.3 is 0 Å². The van der Waals surface area contributed by atoms with E-state index in [0.717, 1.165) is 6.42 Å². The SMILES string of the molecule is CNC(C)(C)C(=O)NCCc1ccc(C)cc1. The second-order valence-corrected chi connectivity index (χ2v) is 4.87. The molecule has 3 nitrogen and oxygen atoms in total. The number of hydrogen-bond acceptors (Lipinski definition) is 2. The Morgan fingerprint density at radius 2 is 1.82 bits per heavy atom. The molecule has 1 aromatic carbocycles. The fourth-order valence-corrected chi connectivity index (χ4v) is 1.41. The molecule has 0 radical (unpaired) electrons. The Kier molecular flexibility index (Phi) is 4.70. The van der Waals surface area contributed by atoms with Crippen LogP contribution in [0.15, 0.2) is 24.3 Å². The van der Waals surface area contributed by atoms with E-state index in [1.807, 2.05) is 13.8 Å². The average molecular weight is 234 g/mol. The molecule has 0 heterocycles. The molecule has 3 heteroatoms. The van der Waals surface area contributed by atoms with Crippen LogP contribution in [0.5, 0.6) is 0 Å². The molecule has 0 aromatic heterocycles. The number of nitrogens with one attached hydrogen (secondary N) is 2. The van der Waals surface area contributed by atoms with Gasteiger partial charge in [-0.05, 0) is 39.8 Å². The lowest BCUT2D eigenvalue weighted by atomic mass is 10.0. The van der Waals surface area contributed by atoms with E-state index < -0.39 is 5.54 Å². The van der Waals surface area contributed by atoms with Gasteiger partial charge in [0.25, 0.3) is 0 Å². The molecule has 0 saturated heterocycles. The summed E-state index contributed by atoms with van der Waals surface area (Å²) < 4.78 is 0.